The highest BCUT2D eigenvalue weighted by atomic mass is 16.6. The highest BCUT2D eigenvalue weighted by Gasteiger charge is 2.03. The highest BCUT2D eigenvalue weighted by Crippen LogP contribution is 2.15. The number of ether oxygens (including phenoxy) is 4. The van der Waals surface area contributed by atoms with Crippen molar-refractivity contribution in [1.29, 1.82) is 0 Å². The molecule has 0 heterocycles. The summed E-state index contributed by atoms with van der Waals surface area (Å²) in [5, 5.41) is 0. The fourth-order valence-corrected chi connectivity index (χ4v) is 5.87. The van der Waals surface area contributed by atoms with Crippen LogP contribution in [0.25, 0.3) is 0 Å². The molecule has 0 aliphatic carbocycles. The Kier molecular flexibility index (Phi) is 40.8. The summed E-state index contributed by atoms with van der Waals surface area (Å²) in [6.07, 6.45) is 39.8. The lowest BCUT2D eigenvalue weighted by atomic mass is 10.0. The summed E-state index contributed by atoms with van der Waals surface area (Å²) >= 11 is 0. The average molecular weight is 641 g/mol. The van der Waals surface area contributed by atoms with Gasteiger partial charge < -0.3 is 18.9 Å². The van der Waals surface area contributed by atoms with E-state index in [9.17, 15) is 4.79 Å². The van der Waals surface area contributed by atoms with Crippen molar-refractivity contribution >= 4 is 5.97 Å². The van der Waals surface area contributed by atoms with Gasteiger partial charge in [0.1, 0.15) is 6.61 Å². The van der Waals surface area contributed by atoms with Gasteiger partial charge in [-0.15, -0.1) is 0 Å². The van der Waals surface area contributed by atoms with Gasteiger partial charge in [0, 0.05) is 13.0 Å². The van der Waals surface area contributed by atoms with E-state index >= 15 is 0 Å². The molecule has 0 spiro atoms. The first kappa shape index (κ1) is 44.4. The van der Waals surface area contributed by atoms with Crippen LogP contribution in [-0.2, 0) is 23.7 Å². The monoisotopic (exact) mass is 641 g/mol. The van der Waals surface area contributed by atoms with Gasteiger partial charge in [-0.25, -0.2) is 0 Å². The molecule has 0 N–H and O–H groups in total. The summed E-state index contributed by atoms with van der Waals surface area (Å²) in [5.74, 6) is -0.0968. The quantitative estimate of drug-likeness (QED) is 0.0493. The molecule has 5 heteroatoms. The second kappa shape index (κ2) is 41.4. The summed E-state index contributed by atoms with van der Waals surface area (Å²) in [6, 6.07) is 0. The number of hydrogen-bond acceptors (Lipinski definition) is 5. The first-order valence-corrected chi connectivity index (χ1v) is 20.2. The lowest BCUT2D eigenvalue weighted by molar-refractivity contribution is -0.145. The Morgan fingerprint density at radius 1 is 0.311 bits per heavy atom. The van der Waals surface area contributed by atoms with E-state index in [1.54, 1.807) is 0 Å². The van der Waals surface area contributed by atoms with Crippen molar-refractivity contribution < 1.29 is 23.7 Å². The zero-order chi connectivity index (χ0) is 32.6. The van der Waals surface area contributed by atoms with E-state index in [-0.39, 0.29) is 5.97 Å². The Morgan fingerprint density at radius 2 is 0.578 bits per heavy atom. The smallest absolute Gasteiger partial charge is 0.305 e. The van der Waals surface area contributed by atoms with Crippen molar-refractivity contribution in [1.82, 2.24) is 0 Å². The average Bonchev–Trinajstić information content (AvgIpc) is 3.05. The predicted octanol–water partition coefficient (Wildman–Crippen LogP) is 12.3. The molecule has 270 valence electrons. The summed E-state index contributed by atoms with van der Waals surface area (Å²) in [5.41, 5.74) is 0. The molecule has 0 aliphatic rings. The van der Waals surface area contributed by atoms with E-state index < -0.39 is 0 Å². The SMILES string of the molecule is CCCCCCCCCCCCCCCCCC(=O)OCCOCCOCCOCCCCCCCCCCCCCCCC. The first-order valence-electron chi connectivity index (χ1n) is 20.2. The number of carbonyl (C=O) groups excluding carboxylic acids is 1. The van der Waals surface area contributed by atoms with Crippen LogP contribution in [0.5, 0.6) is 0 Å². The maximum atomic E-state index is 11.9. The molecular weight excluding hydrogens is 560 g/mol. The Hall–Kier alpha value is -0.650. The van der Waals surface area contributed by atoms with Gasteiger partial charge in [0.15, 0.2) is 0 Å². The maximum Gasteiger partial charge on any atom is 0.305 e. The number of unbranched alkanes of at least 4 members (excludes halogenated alkanes) is 27. The molecule has 0 atom stereocenters. The molecule has 0 bridgehead atoms. The molecule has 5 nitrogen and oxygen atoms in total. The van der Waals surface area contributed by atoms with Crippen LogP contribution in [0.1, 0.15) is 206 Å². The van der Waals surface area contributed by atoms with Crippen LogP contribution in [0.3, 0.4) is 0 Å². The number of rotatable bonds is 40. The molecule has 0 unspecified atom stereocenters. The van der Waals surface area contributed by atoms with Crippen molar-refractivity contribution in [3.63, 3.8) is 0 Å². The normalized spacial score (nSPS) is 11.4. The van der Waals surface area contributed by atoms with Gasteiger partial charge >= 0.3 is 5.97 Å². The van der Waals surface area contributed by atoms with Crippen LogP contribution < -0.4 is 0 Å². The second-order valence-corrected chi connectivity index (χ2v) is 13.4. The van der Waals surface area contributed by atoms with Gasteiger partial charge in [0.2, 0.25) is 0 Å². The van der Waals surface area contributed by atoms with Gasteiger partial charge in [0.05, 0.1) is 33.0 Å². The topological polar surface area (TPSA) is 54.0 Å². The Morgan fingerprint density at radius 3 is 0.933 bits per heavy atom. The molecule has 0 saturated heterocycles. The molecular formula is C40H80O5. The molecule has 0 saturated carbocycles. The molecule has 0 aromatic rings. The van der Waals surface area contributed by atoms with E-state index in [0.29, 0.717) is 46.1 Å². The Balaban J connectivity index is 3.13. The minimum Gasteiger partial charge on any atom is -0.463 e. The molecule has 0 aliphatic heterocycles. The summed E-state index contributed by atoms with van der Waals surface area (Å²) in [6.45, 7) is 8.50. The van der Waals surface area contributed by atoms with E-state index in [1.807, 2.05) is 0 Å². The molecule has 0 aromatic heterocycles. The van der Waals surface area contributed by atoms with Crippen molar-refractivity contribution in [3.05, 3.63) is 0 Å². The van der Waals surface area contributed by atoms with E-state index in [2.05, 4.69) is 13.8 Å². The minimum atomic E-state index is -0.0968. The van der Waals surface area contributed by atoms with E-state index in [0.717, 1.165) is 25.9 Å². The van der Waals surface area contributed by atoms with Crippen LogP contribution in [0.4, 0.5) is 0 Å². The lowest BCUT2D eigenvalue weighted by Gasteiger charge is -2.08. The van der Waals surface area contributed by atoms with Gasteiger partial charge in [0.25, 0.3) is 0 Å². The zero-order valence-electron chi connectivity index (χ0n) is 30.7. The summed E-state index contributed by atoms with van der Waals surface area (Å²) in [4.78, 5) is 11.9. The Labute approximate surface area is 282 Å². The number of esters is 1. The zero-order valence-corrected chi connectivity index (χ0v) is 30.7. The maximum absolute atomic E-state index is 11.9. The van der Waals surface area contributed by atoms with Crippen LogP contribution in [0.15, 0.2) is 0 Å². The third-order valence-electron chi connectivity index (χ3n) is 8.86. The van der Waals surface area contributed by atoms with E-state index in [4.69, 9.17) is 18.9 Å². The fraction of sp³-hybridized carbons (Fsp3) is 0.975. The van der Waals surface area contributed by atoms with Gasteiger partial charge in [-0.3, -0.25) is 4.79 Å². The minimum absolute atomic E-state index is 0.0968. The molecule has 45 heavy (non-hydrogen) atoms. The molecule has 0 amide bonds. The largest absolute Gasteiger partial charge is 0.463 e. The number of carbonyl (C=O) groups is 1. The third-order valence-corrected chi connectivity index (χ3v) is 8.86. The van der Waals surface area contributed by atoms with Gasteiger partial charge in [-0.1, -0.05) is 187 Å². The van der Waals surface area contributed by atoms with Crippen LogP contribution >= 0.6 is 0 Å². The second-order valence-electron chi connectivity index (χ2n) is 13.4. The number of hydrogen-bond donors (Lipinski definition) is 0. The van der Waals surface area contributed by atoms with Gasteiger partial charge in [-0.05, 0) is 12.8 Å². The first-order chi connectivity index (χ1) is 22.3. The molecule has 0 radical (unpaired) electrons. The van der Waals surface area contributed by atoms with Gasteiger partial charge in [-0.2, -0.15) is 0 Å². The van der Waals surface area contributed by atoms with Crippen LogP contribution in [0.2, 0.25) is 0 Å². The summed E-state index contributed by atoms with van der Waals surface area (Å²) < 4.78 is 22.0. The van der Waals surface area contributed by atoms with Crippen molar-refractivity contribution in [3.8, 4) is 0 Å². The van der Waals surface area contributed by atoms with Crippen LogP contribution in [0, 0.1) is 0 Å². The van der Waals surface area contributed by atoms with Crippen LogP contribution in [-0.4, -0.2) is 52.2 Å². The lowest BCUT2D eigenvalue weighted by Crippen LogP contribution is -2.14. The standard InChI is InChI=1S/C40H80O5/c1-3-5-7-9-11-13-15-17-19-20-22-24-26-28-30-32-40(41)45-39-38-44-37-36-43-35-34-42-33-31-29-27-25-23-21-18-16-14-12-10-8-6-4-2/h3-39H2,1-2H3. The predicted molar refractivity (Wildman–Crippen MR) is 193 cm³/mol. The molecule has 0 aromatic carbocycles. The molecule has 0 fully saturated rings. The highest BCUT2D eigenvalue weighted by molar-refractivity contribution is 5.69. The molecule has 0 rings (SSSR count). The third kappa shape index (κ3) is 41.3. The van der Waals surface area contributed by atoms with Crippen molar-refractivity contribution in [2.24, 2.45) is 0 Å². The van der Waals surface area contributed by atoms with Crippen molar-refractivity contribution in [2.45, 2.75) is 206 Å². The summed E-state index contributed by atoms with van der Waals surface area (Å²) in [7, 11) is 0. The van der Waals surface area contributed by atoms with Crippen molar-refractivity contribution in [2.75, 3.05) is 46.2 Å². The van der Waals surface area contributed by atoms with E-state index in [1.165, 1.54) is 167 Å². The fourth-order valence-electron chi connectivity index (χ4n) is 5.87. The Bertz CT molecular complexity index is 541.